The smallest absolute Gasteiger partial charge is 0.311 e. The molecule has 7 nitrogen and oxygen atoms in total. The van der Waals surface area contributed by atoms with Crippen LogP contribution in [0.2, 0.25) is 0 Å². The lowest BCUT2D eigenvalue weighted by Gasteiger charge is -2.38. The van der Waals surface area contributed by atoms with Crippen LogP contribution in [-0.4, -0.2) is 29.1 Å². The van der Waals surface area contributed by atoms with E-state index < -0.39 is 16.3 Å². The number of aliphatic carboxylic acids is 1. The summed E-state index contributed by atoms with van der Waals surface area (Å²) in [5, 5.41) is 29.6. The summed E-state index contributed by atoms with van der Waals surface area (Å²) in [7, 11) is 0. The van der Waals surface area contributed by atoms with Gasteiger partial charge in [-0.1, -0.05) is 6.07 Å². The zero-order chi connectivity index (χ0) is 15.6. The van der Waals surface area contributed by atoms with Crippen molar-refractivity contribution in [3.05, 3.63) is 33.9 Å². The fraction of sp³-hybridized carbons (Fsp3) is 0.429. The molecule has 0 radical (unpaired) electrons. The normalized spacial score (nSPS) is 21.6. The summed E-state index contributed by atoms with van der Waals surface area (Å²) >= 11 is 0. The third kappa shape index (κ3) is 2.65. The van der Waals surface area contributed by atoms with Gasteiger partial charge in [-0.2, -0.15) is 5.26 Å². The molecule has 0 spiro atoms. The van der Waals surface area contributed by atoms with E-state index in [1.54, 1.807) is 24.0 Å². The highest BCUT2D eigenvalue weighted by Crippen LogP contribution is 2.37. The van der Waals surface area contributed by atoms with E-state index in [9.17, 15) is 20.0 Å². The number of piperidine rings is 1. The van der Waals surface area contributed by atoms with E-state index in [0.717, 1.165) is 0 Å². The second-order valence-electron chi connectivity index (χ2n) is 5.43. The summed E-state index contributed by atoms with van der Waals surface area (Å²) < 4.78 is 0. The minimum absolute atomic E-state index is 0.0138. The Hall–Kier alpha value is -2.62. The van der Waals surface area contributed by atoms with Crippen molar-refractivity contribution in [1.29, 1.82) is 5.26 Å². The van der Waals surface area contributed by atoms with Crippen LogP contribution in [0.25, 0.3) is 0 Å². The number of nitriles is 1. The van der Waals surface area contributed by atoms with Gasteiger partial charge in [0.2, 0.25) is 0 Å². The van der Waals surface area contributed by atoms with Crippen LogP contribution in [0.3, 0.4) is 0 Å². The zero-order valence-electron chi connectivity index (χ0n) is 11.6. The summed E-state index contributed by atoms with van der Waals surface area (Å²) in [6.45, 7) is 2.37. The van der Waals surface area contributed by atoms with Gasteiger partial charge in [0, 0.05) is 13.1 Å². The average molecular weight is 289 g/mol. The SMILES string of the molecule is CC1(C(=O)O)CCCN(c2cccc(C#N)c2[N+](=O)[O-])C1. The quantitative estimate of drug-likeness (QED) is 0.674. The lowest BCUT2D eigenvalue weighted by molar-refractivity contribution is -0.384. The molecule has 21 heavy (non-hydrogen) atoms. The van der Waals surface area contributed by atoms with Gasteiger partial charge in [-0.15, -0.1) is 0 Å². The van der Waals surface area contributed by atoms with Crippen molar-refractivity contribution >= 4 is 17.3 Å². The highest BCUT2D eigenvalue weighted by Gasteiger charge is 2.39. The van der Waals surface area contributed by atoms with Gasteiger partial charge in [0.25, 0.3) is 0 Å². The fourth-order valence-electron chi connectivity index (χ4n) is 2.69. The van der Waals surface area contributed by atoms with E-state index in [2.05, 4.69) is 0 Å². The van der Waals surface area contributed by atoms with Gasteiger partial charge in [-0.05, 0) is 31.9 Å². The highest BCUT2D eigenvalue weighted by atomic mass is 16.6. The van der Waals surface area contributed by atoms with Crippen molar-refractivity contribution in [2.24, 2.45) is 5.41 Å². The van der Waals surface area contributed by atoms with E-state index in [4.69, 9.17) is 5.26 Å². The maximum absolute atomic E-state index is 11.4. The Morgan fingerprint density at radius 2 is 2.29 bits per heavy atom. The maximum Gasteiger partial charge on any atom is 0.311 e. The van der Waals surface area contributed by atoms with Crippen LogP contribution in [-0.2, 0) is 4.79 Å². The summed E-state index contributed by atoms with van der Waals surface area (Å²) in [5.74, 6) is -0.911. The van der Waals surface area contributed by atoms with E-state index in [1.807, 2.05) is 6.07 Å². The molecule has 1 unspecified atom stereocenters. The summed E-state index contributed by atoms with van der Waals surface area (Å²) in [4.78, 5) is 23.7. The molecule has 2 rings (SSSR count). The second kappa shape index (κ2) is 5.40. The Bertz CT molecular complexity index is 638. The summed E-state index contributed by atoms with van der Waals surface area (Å²) in [6.07, 6.45) is 1.17. The lowest BCUT2D eigenvalue weighted by Crippen LogP contribution is -2.46. The van der Waals surface area contributed by atoms with Gasteiger partial charge >= 0.3 is 11.7 Å². The fourth-order valence-corrected chi connectivity index (χ4v) is 2.69. The predicted octanol–water partition coefficient (Wildman–Crippen LogP) is 2.16. The number of rotatable bonds is 3. The molecule has 0 bridgehead atoms. The van der Waals surface area contributed by atoms with Gasteiger partial charge in [0.05, 0.1) is 10.3 Å². The molecular formula is C14H15N3O4. The number of para-hydroxylation sites is 1. The van der Waals surface area contributed by atoms with E-state index >= 15 is 0 Å². The Labute approximate surface area is 121 Å². The first-order valence-electron chi connectivity index (χ1n) is 6.55. The zero-order valence-corrected chi connectivity index (χ0v) is 11.6. The van der Waals surface area contributed by atoms with Crippen LogP contribution in [0.5, 0.6) is 0 Å². The van der Waals surface area contributed by atoms with Gasteiger partial charge in [-0.25, -0.2) is 0 Å². The molecule has 1 fully saturated rings. The molecule has 1 aliphatic rings. The Morgan fingerprint density at radius 1 is 1.57 bits per heavy atom. The first kappa shape index (κ1) is 14.8. The van der Waals surface area contributed by atoms with Crippen molar-refractivity contribution in [3.63, 3.8) is 0 Å². The Morgan fingerprint density at radius 3 is 2.86 bits per heavy atom. The van der Waals surface area contributed by atoms with Crippen LogP contribution < -0.4 is 4.90 Å². The number of nitrogens with zero attached hydrogens (tertiary/aromatic N) is 3. The number of nitro groups is 1. The number of carboxylic acid groups (broad SMARTS) is 1. The Balaban J connectivity index is 2.45. The van der Waals surface area contributed by atoms with Crippen LogP contribution in [0.15, 0.2) is 18.2 Å². The first-order valence-corrected chi connectivity index (χ1v) is 6.55. The number of anilines is 1. The molecule has 0 aliphatic carbocycles. The molecule has 1 saturated heterocycles. The molecule has 1 aromatic rings. The van der Waals surface area contributed by atoms with E-state index in [0.29, 0.717) is 25.1 Å². The molecule has 1 aliphatic heterocycles. The molecule has 1 aromatic carbocycles. The highest BCUT2D eigenvalue weighted by molar-refractivity contribution is 5.77. The predicted molar refractivity (Wildman–Crippen MR) is 75.0 cm³/mol. The van der Waals surface area contributed by atoms with Crippen LogP contribution in [0.1, 0.15) is 25.3 Å². The third-order valence-electron chi connectivity index (χ3n) is 3.87. The maximum atomic E-state index is 11.4. The molecule has 0 amide bonds. The van der Waals surface area contributed by atoms with E-state index in [1.165, 1.54) is 6.07 Å². The topological polar surface area (TPSA) is 107 Å². The number of carbonyl (C=O) groups is 1. The number of benzene rings is 1. The number of nitro benzene ring substituents is 1. The van der Waals surface area contributed by atoms with Crippen molar-refractivity contribution in [2.75, 3.05) is 18.0 Å². The molecular weight excluding hydrogens is 274 g/mol. The largest absolute Gasteiger partial charge is 0.481 e. The van der Waals surface area contributed by atoms with Crippen molar-refractivity contribution in [2.45, 2.75) is 19.8 Å². The van der Waals surface area contributed by atoms with Crippen LogP contribution in [0.4, 0.5) is 11.4 Å². The molecule has 0 aromatic heterocycles. The minimum Gasteiger partial charge on any atom is -0.481 e. The van der Waals surface area contributed by atoms with Crippen molar-refractivity contribution in [3.8, 4) is 6.07 Å². The van der Waals surface area contributed by atoms with Gasteiger partial charge < -0.3 is 10.0 Å². The van der Waals surface area contributed by atoms with Crippen molar-refractivity contribution < 1.29 is 14.8 Å². The minimum atomic E-state index is -0.936. The van der Waals surface area contributed by atoms with Gasteiger partial charge in [-0.3, -0.25) is 14.9 Å². The lowest BCUT2D eigenvalue weighted by atomic mass is 9.82. The molecule has 1 heterocycles. The number of carboxylic acids is 1. The molecule has 1 atom stereocenters. The molecule has 0 saturated carbocycles. The van der Waals surface area contributed by atoms with Gasteiger partial charge in [0.1, 0.15) is 17.3 Å². The monoisotopic (exact) mass is 289 g/mol. The van der Waals surface area contributed by atoms with Gasteiger partial charge in [0.15, 0.2) is 0 Å². The van der Waals surface area contributed by atoms with Crippen LogP contribution in [0, 0.1) is 26.9 Å². The standard InChI is InChI=1S/C14H15N3O4/c1-14(13(18)19)6-3-7-16(9-14)11-5-2-4-10(8-15)12(11)17(20)21/h2,4-5H,3,6-7,9H2,1H3,(H,18,19). The average Bonchev–Trinajstić information content (AvgIpc) is 2.46. The van der Waals surface area contributed by atoms with Crippen molar-refractivity contribution in [1.82, 2.24) is 0 Å². The van der Waals surface area contributed by atoms with Crippen LogP contribution >= 0.6 is 0 Å². The third-order valence-corrected chi connectivity index (χ3v) is 3.87. The number of hydrogen-bond acceptors (Lipinski definition) is 5. The first-order chi connectivity index (χ1) is 9.89. The van der Waals surface area contributed by atoms with E-state index in [-0.39, 0.29) is 17.8 Å². The summed E-state index contributed by atoms with van der Waals surface area (Å²) in [5.41, 5.74) is -0.893. The molecule has 1 N–H and O–H groups in total. The number of hydrogen-bond donors (Lipinski definition) is 1. The second-order valence-corrected chi connectivity index (χ2v) is 5.43. The Kier molecular flexibility index (Phi) is 3.80. The summed E-state index contributed by atoms with van der Waals surface area (Å²) in [6, 6.07) is 6.35. The molecule has 110 valence electrons. The molecule has 7 heteroatoms.